The highest BCUT2D eigenvalue weighted by Gasteiger charge is 2.25. The Morgan fingerprint density at radius 3 is 2.54 bits per heavy atom. The number of carboxylic acids is 1. The molecule has 1 unspecified atom stereocenters. The van der Waals surface area contributed by atoms with Crippen LogP contribution in [0.4, 0.5) is 0 Å². The van der Waals surface area contributed by atoms with Gasteiger partial charge in [-0.2, -0.15) is 0 Å². The van der Waals surface area contributed by atoms with Crippen LogP contribution in [0.2, 0.25) is 0 Å². The zero-order valence-electron chi connectivity index (χ0n) is 13.4. The minimum Gasteiger partial charge on any atom is -0.479 e. The maximum atomic E-state index is 12.7. The van der Waals surface area contributed by atoms with E-state index in [1.807, 2.05) is 19.1 Å². The predicted octanol–water partition coefficient (Wildman–Crippen LogP) is 2.51. The van der Waals surface area contributed by atoms with E-state index in [1.54, 1.807) is 47.9 Å². The second-order valence-corrected chi connectivity index (χ2v) is 5.63. The number of benzene rings is 1. The summed E-state index contributed by atoms with van der Waals surface area (Å²) in [5.41, 5.74) is 3.10. The lowest BCUT2D eigenvalue weighted by molar-refractivity contribution is -0.139. The number of carbonyl (C=O) groups is 2. The van der Waals surface area contributed by atoms with Crippen molar-refractivity contribution in [3.05, 3.63) is 71.2 Å². The molecule has 0 fully saturated rings. The van der Waals surface area contributed by atoms with Gasteiger partial charge in [0.15, 0.2) is 6.04 Å². The minimum absolute atomic E-state index is 0.340. The summed E-state index contributed by atoms with van der Waals surface area (Å²) in [6.07, 6.45) is 1.76. The average molecular weight is 323 g/mol. The summed E-state index contributed by atoms with van der Waals surface area (Å²) in [5.74, 6) is -1.59. The van der Waals surface area contributed by atoms with E-state index >= 15 is 0 Å². The van der Waals surface area contributed by atoms with Gasteiger partial charge in [0.25, 0.3) is 5.91 Å². The molecule has 0 spiro atoms. The molecule has 0 saturated heterocycles. The number of pyridine rings is 1. The molecular formula is C18H17N3O3. The highest BCUT2D eigenvalue weighted by molar-refractivity contribution is 5.97. The number of imidazole rings is 1. The molecule has 1 atom stereocenters. The van der Waals surface area contributed by atoms with Gasteiger partial charge in [0, 0.05) is 6.20 Å². The number of nitrogens with zero attached hydrogens (tertiary/aromatic N) is 2. The summed E-state index contributed by atoms with van der Waals surface area (Å²) >= 11 is 0. The molecule has 3 rings (SSSR count). The van der Waals surface area contributed by atoms with Crippen molar-refractivity contribution in [1.82, 2.24) is 14.7 Å². The van der Waals surface area contributed by atoms with E-state index < -0.39 is 17.9 Å². The van der Waals surface area contributed by atoms with Crippen LogP contribution in [0, 0.1) is 13.8 Å². The van der Waals surface area contributed by atoms with Gasteiger partial charge in [0.1, 0.15) is 11.3 Å². The lowest BCUT2D eigenvalue weighted by Crippen LogP contribution is -2.34. The molecule has 1 aromatic carbocycles. The van der Waals surface area contributed by atoms with Crippen molar-refractivity contribution < 1.29 is 14.7 Å². The molecule has 2 heterocycles. The number of aryl methyl sites for hydroxylation is 2. The fourth-order valence-corrected chi connectivity index (χ4v) is 2.67. The Kier molecular flexibility index (Phi) is 4.04. The number of amides is 1. The topological polar surface area (TPSA) is 83.7 Å². The van der Waals surface area contributed by atoms with Gasteiger partial charge >= 0.3 is 5.97 Å². The van der Waals surface area contributed by atoms with Crippen LogP contribution in [0.3, 0.4) is 0 Å². The highest BCUT2D eigenvalue weighted by Crippen LogP contribution is 2.17. The van der Waals surface area contributed by atoms with E-state index in [0.29, 0.717) is 22.6 Å². The van der Waals surface area contributed by atoms with Crippen molar-refractivity contribution in [1.29, 1.82) is 0 Å². The molecule has 0 saturated carbocycles. The zero-order valence-corrected chi connectivity index (χ0v) is 13.4. The molecule has 0 aliphatic heterocycles. The SMILES string of the molecule is Cc1ccn2c(C(=O)NC(C(=O)O)c3ccccc3)c(C)nc2c1. The summed E-state index contributed by atoms with van der Waals surface area (Å²) < 4.78 is 1.67. The first-order chi connectivity index (χ1) is 11.5. The lowest BCUT2D eigenvalue weighted by Gasteiger charge is -2.15. The van der Waals surface area contributed by atoms with Crippen LogP contribution in [0.1, 0.15) is 33.4 Å². The van der Waals surface area contributed by atoms with E-state index in [0.717, 1.165) is 5.56 Å². The fourth-order valence-electron chi connectivity index (χ4n) is 2.67. The van der Waals surface area contributed by atoms with Gasteiger partial charge in [-0.1, -0.05) is 30.3 Å². The normalized spacial score (nSPS) is 12.1. The second-order valence-electron chi connectivity index (χ2n) is 5.63. The molecule has 0 aliphatic rings. The number of fused-ring (bicyclic) bond motifs is 1. The Hall–Kier alpha value is -3.15. The summed E-state index contributed by atoms with van der Waals surface area (Å²) in [6, 6.07) is 11.2. The summed E-state index contributed by atoms with van der Waals surface area (Å²) in [4.78, 5) is 28.6. The largest absolute Gasteiger partial charge is 0.479 e. The fraction of sp³-hybridized carbons (Fsp3) is 0.167. The first-order valence-corrected chi connectivity index (χ1v) is 7.51. The number of carbonyl (C=O) groups excluding carboxylic acids is 1. The van der Waals surface area contributed by atoms with E-state index in [4.69, 9.17) is 0 Å². The van der Waals surface area contributed by atoms with Gasteiger partial charge in [-0.15, -0.1) is 0 Å². The summed E-state index contributed by atoms with van der Waals surface area (Å²) in [5, 5.41) is 12.0. The quantitative estimate of drug-likeness (QED) is 0.773. The van der Waals surface area contributed by atoms with Crippen LogP contribution in [0.15, 0.2) is 48.7 Å². The molecule has 1 amide bonds. The van der Waals surface area contributed by atoms with Gasteiger partial charge in [0.05, 0.1) is 5.69 Å². The van der Waals surface area contributed by atoms with Crippen molar-refractivity contribution in [2.45, 2.75) is 19.9 Å². The molecule has 0 bridgehead atoms. The van der Waals surface area contributed by atoms with Crippen LogP contribution >= 0.6 is 0 Å². The van der Waals surface area contributed by atoms with Crippen LogP contribution in [-0.4, -0.2) is 26.4 Å². The lowest BCUT2D eigenvalue weighted by atomic mass is 10.1. The number of nitrogens with one attached hydrogen (secondary N) is 1. The molecule has 2 N–H and O–H groups in total. The van der Waals surface area contributed by atoms with E-state index in [-0.39, 0.29) is 0 Å². The maximum Gasteiger partial charge on any atom is 0.330 e. The zero-order chi connectivity index (χ0) is 17.3. The first kappa shape index (κ1) is 15.7. The van der Waals surface area contributed by atoms with Crippen LogP contribution < -0.4 is 5.32 Å². The van der Waals surface area contributed by atoms with Gasteiger partial charge in [-0.3, -0.25) is 9.20 Å². The summed E-state index contributed by atoms with van der Waals surface area (Å²) in [7, 11) is 0. The Bertz CT molecular complexity index is 916. The smallest absolute Gasteiger partial charge is 0.330 e. The minimum atomic E-state index is -1.12. The Labute approximate surface area is 138 Å². The van der Waals surface area contributed by atoms with E-state index in [1.165, 1.54) is 0 Å². The van der Waals surface area contributed by atoms with Crippen molar-refractivity contribution >= 4 is 17.5 Å². The Morgan fingerprint density at radius 2 is 1.88 bits per heavy atom. The monoisotopic (exact) mass is 323 g/mol. The number of carboxylic acid groups (broad SMARTS) is 1. The Balaban J connectivity index is 1.97. The molecule has 122 valence electrons. The number of aromatic nitrogens is 2. The van der Waals surface area contributed by atoms with Gasteiger partial charge in [0.2, 0.25) is 0 Å². The molecule has 6 heteroatoms. The number of hydrogen-bond acceptors (Lipinski definition) is 3. The second kappa shape index (κ2) is 6.16. The van der Waals surface area contributed by atoms with Crippen LogP contribution in [0.5, 0.6) is 0 Å². The van der Waals surface area contributed by atoms with Crippen molar-refractivity contribution in [2.24, 2.45) is 0 Å². The number of rotatable bonds is 4. The third-order valence-electron chi connectivity index (χ3n) is 3.83. The number of hydrogen-bond donors (Lipinski definition) is 2. The molecular weight excluding hydrogens is 306 g/mol. The van der Waals surface area contributed by atoms with E-state index in [2.05, 4.69) is 10.3 Å². The van der Waals surface area contributed by atoms with Gasteiger partial charge < -0.3 is 10.4 Å². The van der Waals surface area contributed by atoms with Crippen molar-refractivity contribution in [3.63, 3.8) is 0 Å². The molecule has 24 heavy (non-hydrogen) atoms. The molecule has 3 aromatic rings. The van der Waals surface area contributed by atoms with Gasteiger partial charge in [-0.05, 0) is 37.1 Å². The molecule has 2 aromatic heterocycles. The molecule has 0 aliphatic carbocycles. The average Bonchev–Trinajstić information content (AvgIpc) is 2.87. The van der Waals surface area contributed by atoms with Gasteiger partial charge in [-0.25, -0.2) is 9.78 Å². The molecule has 0 radical (unpaired) electrons. The summed E-state index contributed by atoms with van der Waals surface area (Å²) in [6.45, 7) is 3.68. The van der Waals surface area contributed by atoms with Crippen LogP contribution in [0.25, 0.3) is 5.65 Å². The highest BCUT2D eigenvalue weighted by atomic mass is 16.4. The Morgan fingerprint density at radius 1 is 1.17 bits per heavy atom. The third-order valence-corrected chi connectivity index (χ3v) is 3.83. The first-order valence-electron chi connectivity index (χ1n) is 7.51. The number of aliphatic carboxylic acids is 1. The van der Waals surface area contributed by atoms with Crippen molar-refractivity contribution in [2.75, 3.05) is 0 Å². The van der Waals surface area contributed by atoms with Crippen LogP contribution in [-0.2, 0) is 4.79 Å². The molecule has 6 nitrogen and oxygen atoms in total. The predicted molar refractivity (Wildman–Crippen MR) is 89.0 cm³/mol. The third kappa shape index (κ3) is 2.86. The van der Waals surface area contributed by atoms with E-state index in [9.17, 15) is 14.7 Å². The van der Waals surface area contributed by atoms with Crippen molar-refractivity contribution in [3.8, 4) is 0 Å². The standard InChI is InChI=1S/C18H17N3O3/c1-11-8-9-21-14(10-11)19-12(2)16(21)17(22)20-15(18(23)24)13-6-4-3-5-7-13/h3-10,15H,1-2H3,(H,20,22)(H,23,24). The maximum absolute atomic E-state index is 12.7.